The molecule has 0 bridgehead atoms. The van der Waals surface area contributed by atoms with Crippen LogP contribution in [0.5, 0.6) is 23.0 Å². The molecular weight excluding hydrogens is 478 g/mol. The average Bonchev–Trinajstić information content (AvgIpc) is 3.36. The first-order chi connectivity index (χ1) is 17.6. The average molecular weight is 502 g/mol. The Morgan fingerprint density at radius 2 is 1.61 bits per heavy atom. The number of nitrogens with zero attached hydrogens (tertiary/aromatic N) is 1. The van der Waals surface area contributed by atoms with Crippen LogP contribution in [0.15, 0.2) is 71.5 Å². The molecule has 36 heavy (non-hydrogen) atoms. The van der Waals surface area contributed by atoms with Gasteiger partial charge in [0.05, 0.1) is 12.1 Å². The number of aromatic nitrogens is 1. The van der Waals surface area contributed by atoms with Gasteiger partial charge < -0.3 is 34.1 Å². The molecule has 6 rings (SSSR count). The van der Waals surface area contributed by atoms with Crippen molar-refractivity contribution in [2.24, 2.45) is 0 Å². The predicted molar refractivity (Wildman–Crippen MR) is 140 cm³/mol. The van der Waals surface area contributed by atoms with Crippen LogP contribution >= 0.6 is 12.2 Å². The number of para-hydroxylation sites is 1. The van der Waals surface area contributed by atoms with Crippen molar-refractivity contribution in [3.63, 3.8) is 0 Å². The van der Waals surface area contributed by atoms with Crippen LogP contribution in [0.1, 0.15) is 11.1 Å². The van der Waals surface area contributed by atoms with E-state index in [-0.39, 0.29) is 12.4 Å². The fourth-order valence-electron chi connectivity index (χ4n) is 4.29. The molecule has 0 aliphatic carbocycles. The van der Waals surface area contributed by atoms with Gasteiger partial charge in [-0.25, -0.2) is 0 Å². The fourth-order valence-corrected chi connectivity index (χ4v) is 4.54. The maximum atomic E-state index is 13.1. The Morgan fingerprint density at radius 1 is 0.861 bits per heavy atom. The number of thiocarbonyl (C=S) groups is 1. The standard InChI is InChI=1S/C27H23N3O5S/c31-26-19(11-18-12-24-25(13-21(18)29-26)33-9-8-32-24)15-30(27(36)28-20-4-2-1-3-5-20)14-17-6-7-22-23(10-17)35-16-34-22/h1-7,10-13H,8-9,14-16H2,(H,28,36)(H,29,31). The minimum Gasteiger partial charge on any atom is -0.486 e. The number of pyridine rings is 1. The molecule has 3 aromatic carbocycles. The van der Waals surface area contributed by atoms with E-state index in [2.05, 4.69) is 10.3 Å². The zero-order chi connectivity index (χ0) is 24.5. The van der Waals surface area contributed by atoms with Crippen LogP contribution in [0.4, 0.5) is 5.69 Å². The van der Waals surface area contributed by atoms with Crippen LogP contribution < -0.4 is 29.8 Å². The summed E-state index contributed by atoms with van der Waals surface area (Å²) in [7, 11) is 0. The summed E-state index contributed by atoms with van der Waals surface area (Å²) >= 11 is 5.78. The molecule has 0 fully saturated rings. The Balaban J connectivity index is 1.32. The molecule has 1 aromatic heterocycles. The monoisotopic (exact) mass is 501 g/mol. The number of benzene rings is 3. The molecular formula is C27H23N3O5S. The highest BCUT2D eigenvalue weighted by Crippen LogP contribution is 2.34. The summed E-state index contributed by atoms with van der Waals surface area (Å²) in [6, 6.07) is 21.1. The SMILES string of the molecule is O=c1[nH]c2cc3c(cc2cc1CN(Cc1ccc2c(c1)OCO2)C(=S)Nc1ccccc1)OCCO3. The summed E-state index contributed by atoms with van der Waals surface area (Å²) in [4.78, 5) is 18.0. The third-order valence-electron chi connectivity index (χ3n) is 6.07. The number of nitrogens with one attached hydrogen (secondary N) is 2. The number of H-pyrrole nitrogens is 1. The molecule has 0 amide bonds. The number of ether oxygens (including phenoxy) is 4. The van der Waals surface area contributed by atoms with Crippen molar-refractivity contribution in [3.05, 3.63) is 88.2 Å². The van der Waals surface area contributed by atoms with Crippen molar-refractivity contribution in [2.45, 2.75) is 13.1 Å². The second-order valence-corrected chi connectivity index (χ2v) is 8.93. The highest BCUT2D eigenvalue weighted by atomic mass is 32.1. The quantitative estimate of drug-likeness (QED) is 0.389. The number of hydrogen-bond acceptors (Lipinski definition) is 6. The van der Waals surface area contributed by atoms with E-state index >= 15 is 0 Å². The maximum Gasteiger partial charge on any atom is 0.253 e. The van der Waals surface area contributed by atoms with Gasteiger partial charge in [-0.05, 0) is 54.2 Å². The van der Waals surface area contributed by atoms with Crippen molar-refractivity contribution < 1.29 is 18.9 Å². The topological polar surface area (TPSA) is 85.1 Å². The van der Waals surface area contributed by atoms with Gasteiger partial charge in [-0.2, -0.15) is 0 Å². The van der Waals surface area contributed by atoms with E-state index < -0.39 is 0 Å². The van der Waals surface area contributed by atoms with Crippen LogP contribution in [-0.2, 0) is 13.1 Å². The van der Waals surface area contributed by atoms with Crippen molar-refractivity contribution in [1.29, 1.82) is 0 Å². The van der Waals surface area contributed by atoms with Gasteiger partial charge in [0.2, 0.25) is 6.79 Å². The number of hydrogen-bond donors (Lipinski definition) is 2. The van der Waals surface area contributed by atoms with Crippen LogP contribution in [0.25, 0.3) is 10.9 Å². The second kappa shape index (κ2) is 9.43. The van der Waals surface area contributed by atoms with Gasteiger partial charge in [-0.15, -0.1) is 0 Å². The Bertz CT molecular complexity index is 1510. The van der Waals surface area contributed by atoms with Crippen molar-refractivity contribution in [3.8, 4) is 23.0 Å². The Morgan fingerprint density at radius 3 is 2.44 bits per heavy atom. The smallest absolute Gasteiger partial charge is 0.253 e. The zero-order valence-electron chi connectivity index (χ0n) is 19.3. The van der Waals surface area contributed by atoms with Gasteiger partial charge >= 0.3 is 0 Å². The molecule has 0 unspecified atom stereocenters. The van der Waals surface area contributed by atoms with Gasteiger partial charge in [-0.3, -0.25) is 4.79 Å². The van der Waals surface area contributed by atoms with E-state index in [0.717, 1.165) is 22.4 Å². The second-order valence-electron chi connectivity index (χ2n) is 8.55. The molecule has 4 aromatic rings. The van der Waals surface area contributed by atoms with Crippen LogP contribution in [0.3, 0.4) is 0 Å². The lowest BCUT2D eigenvalue weighted by Crippen LogP contribution is -2.35. The van der Waals surface area contributed by atoms with E-state index in [1.165, 1.54) is 0 Å². The fraction of sp³-hybridized carbons (Fsp3) is 0.185. The van der Waals surface area contributed by atoms with Crippen LogP contribution in [0, 0.1) is 0 Å². The molecule has 9 heteroatoms. The lowest BCUT2D eigenvalue weighted by molar-refractivity contribution is 0.172. The predicted octanol–water partition coefficient (Wildman–Crippen LogP) is 4.43. The molecule has 3 heterocycles. The van der Waals surface area contributed by atoms with E-state index in [1.807, 2.05) is 65.6 Å². The Hall–Kier alpha value is -4.24. The maximum absolute atomic E-state index is 13.1. The van der Waals surface area contributed by atoms with E-state index in [4.69, 9.17) is 31.2 Å². The summed E-state index contributed by atoms with van der Waals surface area (Å²) in [6.45, 7) is 1.96. The highest BCUT2D eigenvalue weighted by Gasteiger charge is 2.19. The van der Waals surface area contributed by atoms with Crippen LogP contribution in [-0.4, -0.2) is 35.0 Å². The molecule has 2 aliphatic rings. The third-order valence-corrected chi connectivity index (χ3v) is 6.43. The summed E-state index contributed by atoms with van der Waals surface area (Å²) in [5.41, 5.74) is 2.94. The Kier molecular flexibility index (Phi) is 5.82. The minimum absolute atomic E-state index is 0.183. The van der Waals surface area contributed by atoms with Crippen molar-refractivity contribution in [2.75, 3.05) is 25.3 Å². The first-order valence-electron chi connectivity index (χ1n) is 11.6. The number of fused-ring (bicyclic) bond motifs is 3. The number of rotatable bonds is 5. The molecule has 0 radical (unpaired) electrons. The van der Waals surface area contributed by atoms with Crippen molar-refractivity contribution in [1.82, 2.24) is 9.88 Å². The Labute approximate surface area is 212 Å². The molecule has 182 valence electrons. The molecule has 8 nitrogen and oxygen atoms in total. The first kappa shape index (κ1) is 22.2. The molecule has 0 saturated carbocycles. The summed E-state index contributed by atoms with van der Waals surface area (Å²) < 4.78 is 22.4. The van der Waals surface area contributed by atoms with Gasteiger partial charge in [0.15, 0.2) is 28.1 Å². The first-order valence-corrected chi connectivity index (χ1v) is 12.0. The highest BCUT2D eigenvalue weighted by molar-refractivity contribution is 7.80. The molecule has 0 spiro atoms. The van der Waals surface area contributed by atoms with Crippen molar-refractivity contribution >= 4 is 33.9 Å². The molecule has 0 atom stereocenters. The van der Waals surface area contributed by atoms with E-state index in [0.29, 0.717) is 59.7 Å². The number of anilines is 1. The van der Waals surface area contributed by atoms with Gasteiger partial charge in [0.1, 0.15) is 13.2 Å². The molecule has 2 aliphatic heterocycles. The largest absolute Gasteiger partial charge is 0.486 e. The number of aromatic amines is 1. The summed E-state index contributed by atoms with van der Waals surface area (Å²) in [5, 5.41) is 4.65. The summed E-state index contributed by atoms with van der Waals surface area (Å²) in [6.07, 6.45) is 0. The van der Waals surface area contributed by atoms with Crippen LogP contribution in [0.2, 0.25) is 0 Å². The molecule has 2 N–H and O–H groups in total. The minimum atomic E-state index is -0.183. The van der Waals surface area contributed by atoms with Gasteiger partial charge in [-0.1, -0.05) is 24.3 Å². The van der Waals surface area contributed by atoms with Gasteiger partial charge in [0.25, 0.3) is 5.56 Å². The lowest BCUT2D eigenvalue weighted by Gasteiger charge is -2.26. The zero-order valence-corrected chi connectivity index (χ0v) is 20.1. The van der Waals surface area contributed by atoms with E-state index in [9.17, 15) is 4.79 Å². The normalized spacial score (nSPS) is 13.4. The van der Waals surface area contributed by atoms with Gasteiger partial charge in [0, 0.05) is 29.2 Å². The lowest BCUT2D eigenvalue weighted by atomic mass is 10.1. The van der Waals surface area contributed by atoms with E-state index in [1.54, 1.807) is 6.07 Å². The summed E-state index contributed by atoms with van der Waals surface area (Å²) in [5.74, 6) is 2.72. The third kappa shape index (κ3) is 4.52. The molecule has 0 saturated heterocycles.